The molecule has 6 nitrogen and oxygen atoms in total. The maximum absolute atomic E-state index is 14.2. The quantitative estimate of drug-likeness (QED) is 0.0584. The van der Waals surface area contributed by atoms with E-state index in [1.54, 1.807) is 42.5 Å². The van der Waals surface area contributed by atoms with Gasteiger partial charge in [-0.05, 0) is 78.1 Å². The molecule has 4 N–H and O–H groups in total. The number of benzene rings is 4. The molecule has 5 rings (SSSR count). The molecule has 0 bridgehead atoms. The van der Waals surface area contributed by atoms with E-state index in [9.17, 15) is 26.3 Å². The molecule has 272 valence electrons. The van der Waals surface area contributed by atoms with Gasteiger partial charge in [0.25, 0.3) is 0 Å². The molecule has 51 heavy (non-hydrogen) atoms. The first-order valence-electron chi connectivity index (χ1n) is 16.2. The van der Waals surface area contributed by atoms with Crippen molar-refractivity contribution >= 4 is 29.2 Å². The molecule has 4 aromatic carbocycles. The fraction of sp³-hybridized carbons (Fsp3) is 0.351. The highest BCUT2D eigenvalue weighted by Gasteiger charge is 2.46. The van der Waals surface area contributed by atoms with Gasteiger partial charge < -0.3 is 30.3 Å². The Morgan fingerprint density at radius 3 is 1.84 bits per heavy atom. The molecule has 0 atom stereocenters. The van der Waals surface area contributed by atoms with Crippen molar-refractivity contribution in [3.8, 4) is 11.5 Å². The molecule has 4 aromatic rings. The van der Waals surface area contributed by atoms with Crippen LogP contribution in [0, 0.1) is 11.6 Å². The van der Waals surface area contributed by atoms with Crippen molar-refractivity contribution in [2.45, 2.75) is 57.4 Å². The Bertz CT molecular complexity index is 1740. The minimum Gasteiger partial charge on any atom is -0.489 e. The first-order chi connectivity index (χ1) is 24.3. The minimum atomic E-state index is -4.47. The number of rotatable bonds is 16. The molecule has 0 spiro atoms. The Labute approximate surface area is 302 Å². The molecule has 2 radical (unpaired) electrons. The van der Waals surface area contributed by atoms with E-state index >= 15 is 0 Å². The molecule has 1 aliphatic rings. The van der Waals surface area contributed by atoms with E-state index in [4.69, 9.17) is 27.5 Å². The maximum Gasteiger partial charge on any atom is 0.393 e. The second kappa shape index (κ2) is 18.8. The Kier molecular flexibility index (Phi) is 14.8. The summed E-state index contributed by atoms with van der Waals surface area (Å²) in [6.07, 6.45) is -5.06. The summed E-state index contributed by atoms with van der Waals surface area (Å²) in [6, 6.07) is 18.7. The van der Waals surface area contributed by atoms with Gasteiger partial charge in [-0.25, -0.2) is 13.2 Å². The van der Waals surface area contributed by atoms with Gasteiger partial charge in [0.2, 0.25) is 0 Å². The lowest BCUT2D eigenvalue weighted by Gasteiger charge is -2.14. The smallest absolute Gasteiger partial charge is 0.393 e. The van der Waals surface area contributed by atoms with Gasteiger partial charge in [-0.2, -0.15) is 13.2 Å². The molecule has 0 unspecified atom stereocenters. The zero-order valence-electron chi connectivity index (χ0n) is 27.6. The van der Waals surface area contributed by atoms with Crippen LogP contribution in [0.1, 0.15) is 46.2 Å². The molecular formula is C37H38BBrF6N2O4. The van der Waals surface area contributed by atoms with Crippen molar-refractivity contribution in [1.29, 1.82) is 0 Å². The highest BCUT2D eigenvalue weighted by atomic mass is 79.9. The lowest BCUT2D eigenvalue weighted by Crippen LogP contribution is -2.19. The van der Waals surface area contributed by atoms with Gasteiger partial charge in [0.05, 0.1) is 19.6 Å². The SMILES string of the molecule is OCCNCc1cc(Br)ccc1OCc1ccc(F)c(CC(F)(F)F)c1.[B]c1ccc(OCc2ccc(F)c(C3(F)CC3)c2)c(CNCCO)c1. The summed E-state index contributed by atoms with van der Waals surface area (Å²) in [5, 5.41) is 23.8. The first kappa shape index (κ1) is 40.2. The van der Waals surface area contributed by atoms with Crippen LogP contribution in [0.4, 0.5) is 26.3 Å². The van der Waals surface area contributed by atoms with Crippen LogP contribution in [0.2, 0.25) is 0 Å². The number of hydrogen-bond donors (Lipinski definition) is 4. The summed E-state index contributed by atoms with van der Waals surface area (Å²) in [5.74, 6) is -0.194. The molecule has 1 saturated carbocycles. The highest BCUT2D eigenvalue weighted by molar-refractivity contribution is 9.10. The van der Waals surface area contributed by atoms with E-state index in [0.29, 0.717) is 67.1 Å². The molecule has 0 aromatic heterocycles. The standard InChI is InChI=1S/C19H20BF2NO2.C18H18BrF4NO2/c20-15-2-4-18(14(10-15)11-23-7-8-24)25-12-13-1-3-17(21)16(9-13)19(22)5-6-19;19-15-2-4-17(14(8-15)10-24-5-6-25)26-11-12-1-3-16(20)13(7-12)9-18(21,22)23/h1-4,9-10,23-24H,5-8,11-12H2;1-4,7-8,24-25H,5-6,9-11H2. The maximum atomic E-state index is 14.2. The third-order valence-electron chi connectivity index (χ3n) is 7.81. The van der Waals surface area contributed by atoms with Gasteiger partial charge >= 0.3 is 6.18 Å². The number of aliphatic hydroxyl groups is 2. The summed E-state index contributed by atoms with van der Waals surface area (Å²) in [6.45, 7) is 2.11. The summed E-state index contributed by atoms with van der Waals surface area (Å²) in [5.41, 5.74) is 1.67. The lowest BCUT2D eigenvalue weighted by molar-refractivity contribution is -0.127. The van der Waals surface area contributed by atoms with Crippen LogP contribution in [-0.2, 0) is 38.4 Å². The summed E-state index contributed by atoms with van der Waals surface area (Å²) < 4.78 is 91.5. The van der Waals surface area contributed by atoms with Crippen LogP contribution < -0.4 is 25.6 Å². The monoisotopic (exact) mass is 778 g/mol. The summed E-state index contributed by atoms with van der Waals surface area (Å²) in [4.78, 5) is 0. The van der Waals surface area contributed by atoms with Crippen molar-refractivity contribution in [2.75, 3.05) is 26.3 Å². The fourth-order valence-corrected chi connectivity index (χ4v) is 5.49. The van der Waals surface area contributed by atoms with Crippen LogP contribution >= 0.6 is 15.9 Å². The van der Waals surface area contributed by atoms with Crippen molar-refractivity contribution in [1.82, 2.24) is 10.6 Å². The van der Waals surface area contributed by atoms with Crippen LogP contribution in [0.5, 0.6) is 11.5 Å². The van der Waals surface area contributed by atoms with E-state index in [2.05, 4.69) is 26.6 Å². The molecule has 0 amide bonds. The Morgan fingerprint density at radius 1 is 0.725 bits per heavy atom. The Balaban J connectivity index is 0.000000229. The number of ether oxygens (including phenoxy) is 2. The topological polar surface area (TPSA) is 83.0 Å². The average molecular weight is 779 g/mol. The molecular weight excluding hydrogens is 741 g/mol. The van der Waals surface area contributed by atoms with Crippen LogP contribution in [0.3, 0.4) is 0 Å². The predicted molar refractivity (Wildman–Crippen MR) is 187 cm³/mol. The normalized spacial score (nSPS) is 13.4. The van der Waals surface area contributed by atoms with E-state index in [0.717, 1.165) is 21.7 Å². The van der Waals surface area contributed by atoms with Crippen LogP contribution in [0.15, 0.2) is 77.3 Å². The molecule has 0 aliphatic heterocycles. The summed E-state index contributed by atoms with van der Waals surface area (Å²) in [7, 11) is 5.81. The van der Waals surface area contributed by atoms with Gasteiger partial charge in [-0.1, -0.05) is 45.7 Å². The Hall–Kier alpha value is -3.56. The van der Waals surface area contributed by atoms with Crippen molar-refractivity contribution < 1.29 is 46.0 Å². The number of nitrogens with one attached hydrogen (secondary N) is 2. The van der Waals surface area contributed by atoms with Crippen molar-refractivity contribution in [2.24, 2.45) is 0 Å². The summed E-state index contributed by atoms with van der Waals surface area (Å²) >= 11 is 3.37. The predicted octanol–water partition coefficient (Wildman–Crippen LogP) is 6.59. The number of alkyl halides is 4. The van der Waals surface area contributed by atoms with E-state index < -0.39 is 35.5 Å². The third kappa shape index (κ3) is 12.9. The lowest BCUT2D eigenvalue weighted by atomic mass is 9.94. The van der Waals surface area contributed by atoms with Gasteiger partial charge in [-0.3, -0.25) is 0 Å². The molecule has 0 saturated heterocycles. The number of hydrogen-bond acceptors (Lipinski definition) is 6. The third-order valence-corrected chi connectivity index (χ3v) is 8.30. The zero-order chi connectivity index (χ0) is 37.0. The average Bonchev–Trinajstić information content (AvgIpc) is 3.83. The van der Waals surface area contributed by atoms with E-state index in [1.807, 2.05) is 6.07 Å². The minimum absolute atomic E-state index is 0.00174. The van der Waals surface area contributed by atoms with Gasteiger partial charge in [0, 0.05) is 47.3 Å². The second-order valence-electron chi connectivity index (χ2n) is 12.0. The van der Waals surface area contributed by atoms with E-state index in [1.165, 1.54) is 18.2 Å². The fourth-order valence-electron chi connectivity index (χ4n) is 5.09. The molecule has 1 fully saturated rings. The largest absolute Gasteiger partial charge is 0.489 e. The van der Waals surface area contributed by atoms with Crippen LogP contribution in [-0.4, -0.2) is 50.5 Å². The molecule has 0 heterocycles. The molecule has 14 heteroatoms. The van der Waals surface area contributed by atoms with Gasteiger partial charge in [0.15, 0.2) is 0 Å². The number of halogens is 7. The first-order valence-corrected chi connectivity index (χ1v) is 17.0. The number of aliphatic hydroxyl groups excluding tert-OH is 2. The van der Waals surface area contributed by atoms with Crippen molar-refractivity contribution in [3.05, 3.63) is 122 Å². The second-order valence-corrected chi connectivity index (χ2v) is 12.9. The zero-order valence-corrected chi connectivity index (χ0v) is 29.2. The van der Waals surface area contributed by atoms with Gasteiger partial charge in [-0.15, -0.1) is 0 Å². The van der Waals surface area contributed by atoms with Crippen LogP contribution in [0.25, 0.3) is 0 Å². The Morgan fingerprint density at radius 2 is 1.27 bits per heavy atom. The van der Waals surface area contributed by atoms with Gasteiger partial charge in [0.1, 0.15) is 49.9 Å². The molecule has 1 aliphatic carbocycles. The van der Waals surface area contributed by atoms with E-state index in [-0.39, 0.29) is 32.0 Å². The van der Waals surface area contributed by atoms with Crippen molar-refractivity contribution in [3.63, 3.8) is 0 Å². The highest BCUT2D eigenvalue weighted by Crippen LogP contribution is 2.50.